The van der Waals surface area contributed by atoms with Gasteiger partial charge in [-0.05, 0) is 13.3 Å². The van der Waals surface area contributed by atoms with Crippen LogP contribution in [-0.4, -0.2) is 58.6 Å². The highest BCUT2D eigenvalue weighted by molar-refractivity contribution is 5.86. The van der Waals surface area contributed by atoms with Crippen molar-refractivity contribution in [3.63, 3.8) is 0 Å². The first-order valence-corrected chi connectivity index (χ1v) is 7.70. The Hall–Kier alpha value is -2.42. The van der Waals surface area contributed by atoms with E-state index in [1.54, 1.807) is 10.9 Å². The number of aliphatic imine (C=N–C) groups is 1. The van der Waals surface area contributed by atoms with Crippen molar-refractivity contribution in [2.45, 2.75) is 13.3 Å². The van der Waals surface area contributed by atoms with Gasteiger partial charge in [-0.25, -0.2) is 9.97 Å². The lowest BCUT2D eigenvalue weighted by Gasteiger charge is -2.08. The van der Waals surface area contributed by atoms with Crippen LogP contribution in [0.3, 0.4) is 0 Å². The molecule has 0 aromatic carbocycles. The van der Waals surface area contributed by atoms with Gasteiger partial charge in [0.25, 0.3) is 0 Å². The quantitative estimate of drug-likeness (QED) is 0.341. The molecule has 2 heterocycles. The van der Waals surface area contributed by atoms with Crippen LogP contribution in [0.2, 0.25) is 0 Å². The molecule has 23 heavy (non-hydrogen) atoms. The van der Waals surface area contributed by atoms with Crippen LogP contribution in [0.4, 0.5) is 5.82 Å². The Balaban J connectivity index is 1.71. The third-order valence-corrected chi connectivity index (χ3v) is 3.19. The topological polar surface area (TPSA) is 115 Å². The number of rotatable bonds is 9. The molecule has 0 aliphatic heterocycles. The zero-order chi connectivity index (χ0) is 16.5. The van der Waals surface area contributed by atoms with Gasteiger partial charge >= 0.3 is 0 Å². The number of hydrogen-bond acceptors (Lipinski definition) is 6. The number of nitrogens with zero attached hydrogens (tertiary/aromatic N) is 5. The highest BCUT2D eigenvalue weighted by atomic mass is 16.5. The number of aromatic nitrogens is 4. The number of hydrogen-bond donors (Lipinski definition) is 3. The smallest absolute Gasteiger partial charge is 0.188 e. The number of aryl methyl sites for hydroxylation is 1. The van der Waals surface area contributed by atoms with E-state index in [0.717, 1.165) is 29.9 Å². The molecule has 0 bridgehead atoms. The average molecular weight is 320 g/mol. The van der Waals surface area contributed by atoms with Gasteiger partial charge in [-0.1, -0.05) is 0 Å². The monoisotopic (exact) mass is 320 g/mol. The number of guanidine groups is 1. The molecule has 0 aliphatic carbocycles. The van der Waals surface area contributed by atoms with E-state index in [1.807, 2.05) is 14.0 Å². The molecule has 2 rings (SSSR count). The molecule has 126 valence electrons. The molecule has 0 spiro atoms. The summed E-state index contributed by atoms with van der Waals surface area (Å²) in [6.45, 7) is 5.39. The second-order valence-electron chi connectivity index (χ2n) is 4.90. The third kappa shape index (κ3) is 5.06. The normalized spacial score (nSPS) is 11.8. The largest absolute Gasteiger partial charge is 0.382 e. The molecule has 2 aromatic rings. The van der Waals surface area contributed by atoms with E-state index in [2.05, 4.69) is 30.7 Å². The van der Waals surface area contributed by atoms with Crippen LogP contribution in [0, 0.1) is 0 Å². The fraction of sp³-hybridized carbons (Fsp3) is 0.571. The lowest BCUT2D eigenvalue weighted by Crippen LogP contribution is -2.35. The summed E-state index contributed by atoms with van der Waals surface area (Å²) in [7, 11) is 1.85. The summed E-state index contributed by atoms with van der Waals surface area (Å²) in [5.74, 6) is 1.20. The summed E-state index contributed by atoms with van der Waals surface area (Å²) in [5, 5.41) is 11.4. The molecule has 9 heteroatoms. The molecule has 0 aliphatic rings. The van der Waals surface area contributed by atoms with Crippen LogP contribution in [-0.2, 0) is 11.8 Å². The summed E-state index contributed by atoms with van der Waals surface area (Å²) in [6.07, 6.45) is 4.14. The maximum Gasteiger partial charge on any atom is 0.188 e. The van der Waals surface area contributed by atoms with Gasteiger partial charge in [-0.3, -0.25) is 9.67 Å². The van der Waals surface area contributed by atoms with Crippen molar-refractivity contribution < 1.29 is 4.74 Å². The Morgan fingerprint density at radius 3 is 3.09 bits per heavy atom. The predicted molar refractivity (Wildman–Crippen MR) is 90.4 cm³/mol. The van der Waals surface area contributed by atoms with Crippen LogP contribution in [0.15, 0.2) is 17.5 Å². The van der Waals surface area contributed by atoms with E-state index in [0.29, 0.717) is 32.2 Å². The number of fused-ring (bicyclic) bond motifs is 1. The first-order chi connectivity index (χ1) is 11.2. The van der Waals surface area contributed by atoms with Gasteiger partial charge in [0.15, 0.2) is 11.6 Å². The molecular weight excluding hydrogens is 296 g/mol. The van der Waals surface area contributed by atoms with Crippen molar-refractivity contribution in [1.29, 1.82) is 0 Å². The Bertz CT molecular complexity index is 639. The summed E-state index contributed by atoms with van der Waals surface area (Å²) < 4.78 is 6.96. The fourth-order valence-electron chi connectivity index (χ4n) is 2.04. The Kier molecular flexibility index (Phi) is 6.55. The molecule has 0 atom stereocenters. The minimum absolute atomic E-state index is 0.442. The maximum atomic E-state index is 5.79. The summed E-state index contributed by atoms with van der Waals surface area (Å²) in [5.41, 5.74) is 6.59. The highest BCUT2D eigenvalue weighted by Gasteiger charge is 2.06. The van der Waals surface area contributed by atoms with Gasteiger partial charge in [-0.15, -0.1) is 0 Å². The molecule has 0 saturated heterocycles. The number of anilines is 1. The van der Waals surface area contributed by atoms with Crippen LogP contribution in [0.25, 0.3) is 11.0 Å². The summed E-state index contributed by atoms with van der Waals surface area (Å²) in [4.78, 5) is 12.7. The van der Waals surface area contributed by atoms with E-state index in [4.69, 9.17) is 10.5 Å². The number of nitrogens with one attached hydrogen (secondary N) is 2. The minimum Gasteiger partial charge on any atom is -0.382 e. The zero-order valence-electron chi connectivity index (χ0n) is 13.6. The first kappa shape index (κ1) is 16.9. The van der Waals surface area contributed by atoms with Gasteiger partial charge in [0.1, 0.15) is 12.1 Å². The first-order valence-electron chi connectivity index (χ1n) is 7.70. The molecule has 0 radical (unpaired) electrons. The molecule has 0 fully saturated rings. The predicted octanol–water partition coefficient (Wildman–Crippen LogP) is 0.106. The maximum absolute atomic E-state index is 5.79. The molecule has 0 unspecified atom stereocenters. The van der Waals surface area contributed by atoms with Crippen LogP contribution >= 0.6 is 0 Å². The second-order valence-corrected chi connectivity index (χ2v) is 4.90. The standard InChI is InChI=1S/C14H24N8O/c1-3-23-8-4-5-17-14(15)18-7-6-16-12-11-9-21-22(2)13(11)20-10-19-12/h9-10H,3-8H2,1-2H3,(H3,15,17,18)(H,16,19,20). The Morgan fingerprint density at radius 1 is 1.39 bits per heavy atom. The zero-order valence-corrected chi connectivity index (χ0v) is 13.6. The van der Waals surface area contributed by atoms with E-state index in [-0.39, 0.29) is 0 Å². The van der Waals surface area contributed by atoms with Crippen molar-refractivity contribution in [3.8, 4) is 0 Å². The number of nitrogens with two attached hydrogens (primary N) is 1. The SMILES string of the molecule is CCOCCCN=C(N)NCCNc1ncnc2c1cnn2C. The van der Waals surface area contributed by atoms with Gasteiger partial charge in [0.2, 0.25) is 0 Å². The second kappa shape index (κ2) is 8.89. The van der Waals surface area contributed by atoms with E-state index < -0.39 is 0 Å². The van der Waals surface area contributed by atoms with Crippen molar-refractivity contribution >= 4 is 22.8 Å². The Labute approximate surface area is 135 Å². The molecule has 9 nitrogen and oxygen atoms in total. The summed E-state index contributed by atoms with van der Waals surface area (Å²) in [6, 6.07) is 0. The van der Waals surface area contributed by atoms with Crippen molar-refractivity contribution in [2.75, 3.05) is 38.2 Å². The molecular formula is C14H24N8O. The van der Waals surface area contributed by atoms with Gasteiger partial charge in [0, 0.05) is 39.9 Å². The van der Waals surface area contributed by atoms with Crippen molar-refractivity contribution in [3.05, 3.63) is 12.5 Å². The van der Waals surface area contributed by atoms with E-state index >= 15 is 0 Å². The van der Waals surface area contributed by atoms with Gasteiger partial charge in [-0.2, -0.15) is 5.10 Å². The third-order valence-electron chi connectivity index (χ3n) is 3.19. The minimum atomic E-state index is 0.442. The van der Waals surface area contributed by atoms with Crippen LogP contribution in [0.5, 0.6) is 0 Å². The number of ether oxygens (including phenoxy) is 1. The lowest BCUT2D eigenvalue weighted by molar-refractivity contribution is 0.146. The van der Waals surface area contributed by atoms with Crippen molar-refractivity contribution in [1.82, 2.24) is 25.1 Å². The van der Waals surface area contributed by atoms with Crippen LogP contribution < -0.4 is 16.4 Å². The molecule has 4 N–H and O–H groups in total. The lowest BCUT2D eigenvalue weighted by atomic mass is 10.4. The summed E-state index contributed by atoms with van der Waals surface area (Å²) >= 11 is 0. The van der Waals surface area contributed by atoms with Crippen LogP contribution in [0.1, 0.15) is 13.3 Å². The average Bonchev–Trinajstić information content (AvgIpc) is 2.94. The Morgan fingerprint density at radius 2 is 2.26 bits per heavy atom. The molecule has 2 aromatic heterocycles. The van der Waals surface area contributed by atoms with E-state index in [1.165, 1.54) is 6.33 Å². The molecule has 0 saturated carbocycles. The van der Waals surface area contributed by atoms with Gasteiger partial charge < -0.3 is 21.1 Å². The fourth-order valence-corrected chi connectivity index (χ4v) is 2.04. The van der Waals surface area contributed by atoms with Crippen molar-refractivity contribution in [2.24, 2.45) is 17.8 Å². The highest BCUT2D eigenvalue weighted by Crippen LogP contribution is 2.16. The van der Waals surface area contributed by atoms with Gasteiger partial charge in [0.05, 0.1) is 11.6 Å². The van der Waals surface area contributed by atoms with E-state index in [9.17, 15) is 0 Å². The molecule has 0 amide bonds.